The second kappa shape index (κ2) is 11.0. The predicted octanol–water partition coefficient (Wildman–Crippen LogP) is 3.80. The summed E-state index contributed by atoms with van der Waals surface area (Å²) in [5, 5.41) is 10.0. The second-order valence-corrected chi connectivity index (χ2v) is 12.1. The van der Waals surface area contributed by atoms with Crippen LogP contribution in [-0.4, -0.2) is 69.6 Å². The molecule has 3 aliphatic heterocycles. The number of fused-ring (bicyclic) bond motifs is 1. The van der Waals surface area contributed by atoms with Crippen molar-refractivity contribution < 1.29 is 24.2 Å². The maximum atomic E-state index is 14.5. The van der Waals surface area contributed by atoms with Crippen LogP contribution in [0.5, 0.6) is 0 Å². The Kier molecular flexibility index (Phi) is 8.19. The van der Waals surface area contributed by atoms with Crippen molar-refractivity contribution in [3.8, 4) is 0 Å². The lowest BCUT2D eigenvalue weighted by molar-refractivity contribution is -0.154. The molecule has 1 N–H and O–H groups in total. The number of amides is 2. The van der Waals surface area contributed by atoms with Crippen LogP contribution in [0.3, 0.4) is 0 Å². The van der Waals surface area contributed by atoms with Gasteiger partial charge in [-0.1, -0.05) is 24.3 Å². The SMILES string of the molecule is C=CCCCOC(=O)[C@@H]1[C@@H]2CCC3(S2)C(C(=O)N(CC=C)c2cc(C)ccc2C)N([C@H](C)CO)C(=O)[C@H]13. The molecule has 3 fully saturated rings. The summed E-state index contributed by atoms with van der Waals surface area (Å²) in [6.07, 6.45) is 6.32. The van der Waals surface area contributed by atoms with Crippen molar-refractivity contribution in [3.05, 3.63) is 54.6 Å². The highest BCUT2D eigenvalue weighted by atomic mass is 32.2. The molecule has 0 aliphatic carbocycles. The van der Waals surface area contributed by atoms with E-state index in [-0.39, 0.29) is 36.2 Å². The number of likely N-dealkylation sites (tertiary alicyclic amines) is 1. The molecule has 200 valence electrons. The normalized spacial score (nSPS) is 28.6. The minimum Gasteiger partial charge on any atom is -0.465 e. The molecule has 2 unspecified atom stereocenters. The van der Waals surface area contributed by atoms with Crippen molar-refractivity contribution in [3.63, 3.8) is 0 Å². The van der Waals surface area contributed by atoms with Crippen molar-refractivity contribution in [2.75, 3.05) is 24.7 Å². The molecular formula is C29H38N2O5S. The highest BCUT2D eigenvalue weighted by molar-refractivity contribution is 8.02. The van der Waals surface area contributed by atoms with E-state index in [0.717, 1.165) is 29.7 Å². The summed E-state index contributed by atoms with van der Waals surface area (Å²) in [7, 11) is 0. The van der Waals surface area contributed by atoms with Crippen LogP contribution >= 0.6 is 11.8 Å². The highest BCUT2D eigenvalue weighted by Crippen LogP contribution is 2.67. The molecule has 1 spiro atoms. The van der Waals surface area contributed by atoms with E-state index in [1.54, 1.807) is 40.6 Å². The van der Waals surface area contributed by atoms with Crippen LogP contribution in [0, 0.1) is 25.7 Å². The fourth-order valence-corrected chi connectivity index (χ4v) is 8.48. The third-order valence-electron chi connectivity index (χ3n) is 8.01. The van der Waals surface area contributed by atoms with Gasteiger partial charge in [0.15, 0.2) is 0 Å². The predicted molar refractivity (Wildman–Crippen MR) is 146 cm³/mol. The van der Waals surface area contributed by atoms with Crippen LogP contribution < -0.4 is 4.90 Å². The number of hydrogen-bond donors (Lipinski definition) is 1. The number of unbranched alkanes of at least 4 members (excludes halogenated alkanes) is 1. The Morgan fingerprint density at radius 3 is 2.76 bits per heavy atom. The second-order valence-electron chi connectivity index (χ2n) is 10.5. The summed E-state index contributed by atoms with van der Waals surface area (Å²) in [5.41, 5.74) is 2.76. The third kappa shape index (κ3) is 4.63. The molecule has 2 amide bonds. The number of anilines is 1. The van der Waals surface area contributed by atoms with Gasteiger partial charge in [0.25, 0.3) is 5.91 Å². The molecule has 1 aromatic carbocycles. The third-order valence-corrected chi connectivity index (χ3v) is 9.97. The lowest BCUT2D eigenvalue weighted by Gasteiger charge is -2.39. The average Bonchev–Trinajstić information content (AvgIpc) is 3.53. The van der Waals surface area contributed by atoms with Crippen LogP contribution in [0.25, 0.3) is 0 Å². The van der Waals surface area contributed by atoms with Gasteiger partial charge < -0.3 is 19.6 Å². The first-order valence-corrected chi connectivity index (χ1v) is 14.0. The molecule has 2 bridgehead atoms. The number of aliphatic hydroxyl groups is 1. The number of rotatable bonds is 11. The zero-order chi connectivity index (χ0) is 26.9. The fourth-order valence-electron chi connectivity index (χ4n) is 6.29. The molecule has 1 aromatic rings. The average molecular weight is 527 g/mol. The molecular weight excluding hydrogens is 488 g/mol. The molecule has 3 saturated heterocycles. The standard InChI is InChI=1S/C29H38N2O5S/c1-6-8-9-15-36-28(35)23-22-12-13-29(37-22)24(23)26(33)31(20(5)17-32)25(29)27(34)30(14-7-2)21-16-18(3)10-11-19(21)4/h6-7,10-11,16,20,22-25,32H,1-2,8-9,12-15,17H2,3-5H3/t20-,22+,23-,24+,25?,29?/m1/s1. The van der Waals surface area contributed by atoms with Gasteiger partial charge in [0.2, 0.25) is 5.91 Å². The van der Waals surface area contributed by atoms with E-state index in [0.29, 0.717) is 19.4 Å². The number of esters is 1. The van der Waals surface area contributed by atoms with Crippen LogP contribution in [0.15, 0.2) is 43.5 Å². The van der Waals surface area contributed by atoms with E-state index in [1.165, 1.54) is 0 Å². The van der Waals surface area contributed by atoms with E-state index < -0.39 is 28.7 Å². The van der Waals surface area contributed by atoms with E-state index in [1.807, 2.05) is 32.0 Å². The van der Waals surface area contributed by atoms with E-state index >= 15 is 0 Å². The molecule has 7 nitrogen and oxygen atoms in total. The van der Waals surface area contributed by atoms with Crippen molar-refractivity contribution >= 4 is 35.2 Å². The molecule has 3 aliphatic rings. The van der Waals surface area contributed by atoms with Gasteiger partial charge in [-0.2, -0.15) is 0 Å². The highest BCUT2D eigenvalue weighted by Gasteiger charge is 2.74. The largest absolute Gasteiger partial charge is 0.465 e. The molecule has 0 aromatic heterocycles. The van der Waals surface area contributed by atoms with Gasteiger partial charge in [-0.25, -0.2) is 0 Å². The lowest BCUT2D eigenvalue weighted by atomic mass is 9.71. The summed E-state index contributed by atoms with van der Waals surface area (Å²) >= 11 is 1.61. The van der Waals surface area contributed by atoms with Gasteiger partial charge in [-0.05, 0) is 63.6 Å². The topological polar surface area (TPSA) is 87.2 Å². The molecule has 6 atom stereocenters. The number of benzene rings is 1. The Morgan fingerprint density at radius 1 is 1.32 bits per heavy atom. The number of aryl methyl sites for hydroxylation is 2. The maximum absolute atomic E-state index is 14.5. The number of thioether (sulfide) groups is 1. The Labute approximate surface area is 223 Å². The number of allylic oxidation sites excluding steroid dienone is 1. The zero-order valence-electron chi connectivity index (χ0n) is 22.0. The fraction of sp³-hybridized carbons (Fsp3) is 0.552. The van der Waals surface area contributed by atoms with Crippen LogP contribution in [0.1, 0.15) is 43.7 Å². The molecule has 4 rings (SSSR count). The summed E-state index contributed by atoms with van der Waals surface area (Å²) in [4.78, 5) is 45.0. The van der Waals surface area contributed by atoms with Gasteiger partial charge in [0.1, 0.15) is 6.04 Å². The number of nitrogens with zero attached hydrogens (tertiary/aromatic N) is 2. The molecule has 0 radical (unpaired) electrons. The van der Waals surface area contributed by atoms with Crippen LogP contribution in [-0.2, 0) is 19.1 Å². The molecule has 0 saturated carbocycles. The summed E-state index contributed by atoms with van der Waals surface area (Å²) in [6, 6.07) is 4.61. The zero-order valence-corrected chi connectivity index (χ0v) is 22.8. The van der Waals surface area contributed by atoms with Crippen molar-refractivity contribution in [2.24, 2.45) is 11.8 Å². The number of hydrogen-bond acceptors (Lipinski definition) is 6. The summed E-state index contributed by atoms with van der Waals surface area (Å²) < 4.78 is 4.88. The quantitative estimate of drug-likeness (QED) is 0.268. The molecule has 8 heteroatoms. The van der Waals surface area contributed by atoms with Crippen molar-refractivity contribution in [1.29, 1.82) is 0 Å². The molecule has 3 heterocycles. The smallest absolute Gasteiger partial charge is 0.310 e. The van der Waals surface area contributed by atoms with Crippen LogP contribution in [0.2, 0.25) is 0 Å². The Hall–Kier alpha value is -2.58. The first-order valence-electron chi connectivity index (χ1n) is 13.1. The minimum absolute atomic E-state index is 0.0590. The summed E-state index contributed by atoms with van der Waals surface area (Å²) in [6.45, 7) is 13.6. The van der Waals surface area contributed by atoms with E-state index in [9.17, 15) is 19.5 Å². The van der Waals surface area contributed by atoms with Gasteiger partial charge >= 0.3 is 5.97 Å². The minimum atomic E-state index is -0.791. The van der Waals surface area contributed by atoms with Crippen LogP contribution in [0.4, 0.5) is 5.69 Å². The van der Waals surface area contributed by atoms with Gasteiger partial charge in [0, 0.05) is 17.5 Å². The number of carbonyl (C=O) groups is 3. The number of ether oxygens (including phenoxy) is 1. The first kappa shape index (κ1) is 27.5. The lowest BCUT2D eigenvalue weighted by Crippen LogP contribution is -2.57. The van der Waals surface area contributed by atoms with Gasteiger partial charge in [0.05, 0.1) is 35.8 Å². The Morgan fingerprint density at radius 2 is 2.08 bits per heavy atom. The van der Waals surface area contributed by atoms with Crippen molar-refractivity contribution in [1.82, 2.24) is 4.90 Å². The maximum Gasteiger partial charge on any atom is 0.310 e. The number of aliphatic hydroxyl groups excluding tert-OH is 1. The Bertz CT molecular complexity index is 1090. The van der Waals surface area contributed by atoms with E-state index in [4.69, 9.17) is 4.74 Å². The monoisotopic (exact) mass is 526 g/mol. The first-order chi connectivity index (χ1) is 17.7. The van der Waals surface area contributed by atoms with Gasteiger partial charge in [-0.3, -0.25) is 14.4 Å². The summed E-state index contributed by atoms with van der Waals surface area (Å²) in [5.74, 6) is -2.02. The Balaban J connectivity index is 1.73. The number of carbonyl (C=O) groups excluding carboxylic acids is 3. The molecule has 37 heavy (non-hydrogen) atoms. The van der Waals surface area contributed by atoms with Crippen molar-refractivity contribution in [2.45, 2.75) is 68.5 Å². The van der Waals surface area contributed by atoms with Gasteiger partial charge in [-0.15, -0.1) is 24.9 Å². The van der Waals surface area contributed by atoms with E-state index in [2.05, 4.69) is 13.2 Å².